The predicted molar refractivity (Wildman–Crippen MR) is 88.4 cm³/mol. The van der Waals surface area contributed by atoms with Crippen molar-refractivity contribution < 1.29 is 9.59 Å². The van der Waals surface area contributed by atoms with E-state index in [9.17, 15) is 9.59 Å². The highest BCUT2D eigenvalue weighted by Gasteiger charge is 2.08. The largest absolute Gasteiger partial charge is 0.355 e. The summed E-state index contributed by atoms with van der Waals surface area (Å²) in [5.41, 5.74) is 1.13. The fraction of sp³-hybridized carbons (Fsp3) is 0.125. The summed E-state index contributed by atoms with van der Waals surface area (Å²) in [5.74, 6) is 5.32. The molecule has 2 aromatic rings. The van der Waals surface area contributed by atoms with Crippen molar-refractivity contribution in [1.82, 2.24) is 10.6 Å². The molecule has 112 valence electrons. The van der Waals surface area contributed by atoms with Gasteiger partial charge in [-0.1, -0.05) is 35.6 Å². The summed E-state index contributed by atoms with van der Waals surface area (Å²) in [4.78, 5) is 24.0. The van der Waals surface area contributed by atoms with Gasteiger partial charge in [-0.2, -0.15) is 0 Å². The average Bonchev–Trinajstić information content (AvgIpc) is 2.97. The van der Waals surface area contributed by atoms with Gasteiger partial charge in [-0.15, -0.1) is 11.3 Å². The number of benzene rings is 1. The number of nitrogens with one attached hydrogen (secondary N) is 2. The van der Waals surface area contributed by atoms with E-state index in [1.54, 1.807) is 37.4 Å². The Kier molecular flexibility index (Phi) is 5.59. The Morgan fingerprint density at radius 2 is 1.95 bits per heavy atom. The maximum absolute atomic E-state index is 11.8. The van der Waals surface area contributed by atoms with Crippen molar-refractivity contribution in [3.8, 4) is 11.8 Å². The third-order valence-electron chi connectivity index (χ3n) is 2.76. The molecule has 4 nitrogen and oxygen atoms in total. The van der Waals surface area contributed by atoms with Crippen molar-refractivity contribution in [3.05, 3.63) is 56.7 Å². The number of hydrogen-bond donors (Lipinski definition) is 2. The molecule has 0 saturated heterocycles. The Morgan fingerprint density at radius 3 is 2.64 bits per heavy atom. The third-order valence-corrected chi connectivity index (χ3v) is 3.99. The van der Waals surface area contributed by atoms with Gasteiger partial charge in [0, 0.05) is 12.6 Å². The van der Waals surface area contributed by atoms with Gasteiger partial charge in [0.1, 0.15) is 0 Å². The molecule has 1 aromatic heterocycles. The molecule has 0 aliphatic rings. The molecular formula is C16H13ClN2O2S. The van der Waals surface area contributed by atoms with Crippen LogP contribution in [0.5, 0.6) is 0 Å². The molecule has 0 saturated carbocycles. The first kappa shape index (κ1) is 16.1. The molecule has 0 unspecified atom stereocenters. The zero-order valence-electron chi connectivity index (χ0n) is 11.8. The maximum Gasteiger partial charge on any atom is 0.262 e. The summed E-state index contributed by atoms with van der Waals surface area (Å²) in [6.45, 7) is 0.191. The smallest absolute Gasteiger partial charge is 0.262 e. The Labute approximate surface area is 137 Å². The lowest BCUT2D eigenvalue weighted by Gasteiger charge is -2.02. The Hall–Kier alpha value is -2.29. The Bertz CT molecular complexity index is 759. The second kappa shape index (κ2) is 7.64. The normalized spacial score (nSPS) is 9.55. The first-order chi connectivity index (χ1) is 10.6. The van der Waals surface area contributed by atoms with Crippen LogP contribution in [0.25, 0.3) is 0 Å². The van der Waals surface area contributed by atoms with E-state index in [1.165, 1.54) is 11.3 Å². The molecule has 0 fully saturated rings. The number of carbonyl (C=O) groups excluding carboxylic acids is 2. The molecule has 0 spiro atoms. The lowest BCUT2D eigenvalue weighted by atomic mass is 10.1. The van der Waals surface area contributed by atoms with Crippen LogP contribution >= 0.6 is 22.9 Å². The highest BCUT2D eigenvalue weighted by atomic mass is 35.5. The van der Waals surface area contributed by atoms with Crippen molar-refractivity contribution in [2.45, 2.75) is 0 Å². The van der Waals surface area contributed by atoms with Crippen molar-refractivity contribution in [1.29, 1.82) is 0 Å². The molecule has 22 heavy (non-hydrogen) atoms. The van der Waals surface area contributed by atoms with Crippen molar-refractivity contribution in [2.75, 3.05) is 13.6 Å². The van der Waals surface area contributed by atoms with E-state index in [0.717, 1.165) is 0 Å². The maximum atomic E-state index is 11.8. The van der Waals surface area contributed by atoms with Crippen LogP contribution < -0.4 is 10.6 Å². The molecule has 2 rings (SSSR count). The summed E-state index contributed by atoms with van der Waals surface area (Å²) in [6, 6.07) is 10.4. The van der Waals surface area contributed by atoms with E-state index in [4.69, 9.17) is 11.6 Å². The second-order valence-corrected chi connectivity index (χ2v) is 5.93. The number of halogens is 1. The molecule has 2 N–H and O–H groups in total. The van der Waals surface area contributed by atoms with Crippen LogP contribution in [0.15, 0.2) is 36.4 Å². The highest BCUT2D eigenvalue weighted by molar-refractivity contribution is 7.17. The van der Waals surface area contributed by atoms with Crippen LogP contribution in [0.2, 0.25) is 4.34 Å². The topological polar surface area (TPSA) is 58.2 Å². The molecule has 1 heterocycles. The van der Waals surface area contributed by atoms with Crippen LogP contribution in [0.4, 0.5) is 0 Å². The van der Waals surface area contributed by atoms with Crippen LogP contribution in [0.3, 0.4) is 0 Å². The fourth-order valence-corrected chi connectivity index (χ4v) is 2.67. The van der Waals surface area contributed by atoms with Crippen molar-refractivity contribution >= 4 is 34.8 Å². The van der Waals surface area contributed by atoms with Gasteiger partial charge in [-0.3, -0.25) is 9.59 Å². The summed E-state index contributed by atoms with van der Waals surface area (Å²) >= 11 is 6.99. The molecule has 0 radical (unpaired) electrons. The average molecular weight is 333 g/mol. The quantitative estimate of drug-likeness (QED) is 0.849. The molecule has 0 aliphatic carbocycles. The first-order valence-electron chi connectivity index (χ1n) is 6.45. The van der Waals surface area contributed by atoms with Gasteiger partial charge in [-0.05, 0) is 24.3 Å². The van der Waals surface area contributed by atoms with Gasteiger partial charge in [0.05, 0.1) is 21.3 Å². The van der Waals surface area contributed by atoms with E-state index < -0.39 is 0 Å². The molecule has 1 aromatic carbocycles. The van der Waals surface area contributed by atoms with Crippen LogP contribution in [-0.4, -0.2) is 25.4 Å². The molecule has 2 amide bonds. The van der Waals surface area contributed by atoms with E-state index in [-0.39, 0.29) is 18.4 Å². The lowest BCUT2D eigenvalue weighted by molar-refractivity contribution is 0.0954. The number of thiophene rings is 1. The summed E-state index contributed by atoms with van der Waals surface area (Å²) in [7, 11) is 1.57. The van der Waals surface area contributed by atoms with E-state index >= 15 is 0 Å². The minimum absolute atomic E-state index is 0.191. The summed E-state index contributed by atoms with van der Waals surface area (Å²) < 4.78 is 0.565. The number of carbonyl (C=O) groups is 2. The standard InChI is InChI=1S/C16H13ClN2O2S/c1-18-15(20)12-7-3-2-5-11(12)6-4-10-19-16(21)13-8-9-14(17)22-13/h2-3,5,7-9H,10H2,1H3,(H,18,20)(H,19,21). The monoisotopic (exact) mass is 332 g/mol. The highest BCUT2D eigenvalue weighted by Crippen LogP contribution is 2.20. The number of rotatable bonds is 3. The van der Waals surface area contributed by atoms with Gasteiger partial charge < -0.3 is 10.6 Å². The predicted octanol–water partition coefficient (Wildman–Crippen LogP) is 2.54. The Morgan fingerprint density at radius 1 is 1.18 bits per heavy atom. The number of amides is 2. The van der Waals surface area contributed by atoms with Crippen LogP contribution in [0.1, 0.15) is 25.6 Å². The zero-order chi connectivity index (χ0) is 15.9. The fourth-order valence-electron chi connectivity index (χ4n) is 1.71. The minimum atomic E-state index is -0.217. The van der Waals surface area contributed by atoms with Gasteiger partial charge >= 0.3 is 0 Å². The Balaban J connectivity index is 2.00. The van der Waals surface area contributed by atoms with Crippen LogP contribution in [-0.2, 0) is 0 Å². The van der Waals surface area contributed by atoms with E-state index in [1.807, 2.05) is 6.07 Å². The molecule has 6 heteroatoms. The number of hydrogen-bond acceptors (Lipinski definition) is 3. The van der Waals surface area contributed by atoms with Crippen LogP contribution in [0, 0.1) is 11.8 Å². The molecule has 0 aliphatic heterocycles. The van der Waals surface area contributed by atoms with Crippen molar-refractivity contribution in [3.63, 3.8) is 0 Å². The molecular weight excluding hydrogens is 320 g/mol. The lowest BCUT2D eigenvalue weighted by Crippen LogP contribution is -2.22. The molecule has 0 bridgehead atoms. The summed E-state index contributed by atoms with van der Waals surface area (Å²) in [5, 5.41) is 5.25. The summed E-state index contributed by atoms with van der Waals surface area (Å²) in [6.07, 6.45) is 0. The van der Waals surface area contributed by atoms with E-state index in [0.29, 0.717) is 20.3 Å². The van der Waals surface area contributed by atoms with Gasteiger partial charge in [0.15, 0.2) is 0 Å². The van der Waals surface area contributed by atoms with Gasteiger partial charge in [-0.25, -0.2) is 0 Å². The van der Waals surface area contributed by atoms with Gasteiger partial charge in [0.25, 0.3) is 11.8 Å². The van der Waals surface area contributed by atoms with E-state index in [2.05, 4.69) is 22.5 Å². The first-order valence-corrected chi connectivity index (χ1v) is 7.65. The van der Waals surface area contributed by atoms with Crippen molar-refractivity contribution in [2.24, 2.45) is 0 Å². The van der Waals surface area contributed by atoms with Gasteiger partial charge in [0.2, 0.25) is 0 Å². The third kappa shape index (κ3) is 4.10. The minimum Gasteiger partial charge on any atom is -0.355 e. The zero-order valence-corrected chi connectivity index (χ0v) is 13.3. The SMILES string of the molecule is CNC(=O)c1ccccc1C#CCNC(=O)c1ccc(Cl)s1. The second-order valence-electron chi connectivity index (χ2n) is 4.21. The molecule has 0 atom stereocenters.